The van der Waals surface area contributed by atoms with Crippen molar-refractivity contribution >= 4 is 17.9 Å². The predicted molar refractivity (Wildman–Crippen MR) is 109 cm³/mol. The van der Waals surface area contributed by atoms with Crippen LogP contribution >= 0.6 is 7.49 Å². The molecule has 25 heavy (non-hydrogen) atoms. The molecule has 0 amide bonds. The van der Waals surface area contributed by atoms with E-state index in [4.69, 9.17) is 3.97 Å². The summed E-state index contributed by atoms with van der Waals surface area (Å²) in [6.07, 6.45) is 19.6. The molecule has 0 fully saturated rings. The van der Waals surface area contributed by atoms with Crippen LogP contribution in [0, 0.1) is 0 Å². The molecule has 0 heterocycles. The Labute approximate surface area is 157 Å². The van der Waals surface area contributed by atoms with Crippen molar-refractivity contribution in [1.82, 2.24) is 0 Å². The van der Waals surface area contributed by atoms with Gasteiger partial charge in [0.1, 0.15) is 0 Å². The third-order valence-electron chi connectivity index (χ3n) is 4.92. The largest absolute Gasteiger partial charge is 0.723 e. The van der Waals surface area contributed by atoms with Gasteiger partial charge in [0.2, 0.25) is 0 Å². The fourth-order valence-electron chi connectivity index (χ4n) is 3.11. The summed E-state index contributed by atoms with van der Waals surface area (Å²) < 4.78 is 37.2. The molecule has 0 saturated carbocycles. The van der Waals surface area contributed by atoms with Crippen molar-refractivity contribution in [3.63, 3.8) is 0 Å². The Hall–Kier alpha value is 0.300. The van der Waals surface area contributed by atoms with Gasteiger partial charge in [-0.05, 0) is 19.8 Å². The summed E-state index contributed by atoms with van der Waals surface area (Å²) in [6.45, 7) is 5.99. The predicted octanol–water partition coefficient (Wildman–Crippen LogP) is 6.53. The van der Waals surface area contributed by atoms with Crippen LogP contribution in [0.3, 0.4) is 0 Å². The molecule has 0 aromatic heterocycles. The van der Waals surface area contributed by atoms with Crippen molar-refractivity contribution in [3.8, 4) is 0 Å². The summed E-state index contributed by atoms with van der Waals surface area (Å²) in [5, 5.41) is 0. The van der Waals surface area contributed by atoms with Crippen molar-refractivity contribution in [2.75, 3.05) is 19.0 Å². The monoisotopic (exact) mass is 396 g/mol. The molecule has 0 saturated heterocycles. The van der Waals surface area contributed by atoms with E-state index in [0.29, 0.717) is 6.16 Å². The van der Waals surface area contributed by atoms with Crippen LogP contribution in [0.2, 0.25) is 0 Å². The average Bonchev–Trinajstić information content (AvgIpc) is 2.53. The van der Waals surface area contributed by atoms with E-state index in [1.807, 2.05) is 13.6 Å². The molecule has 6 heteroatoms. The van der Waals surface area contributed by atoms with Crippen molar-refractivity contribution in [1.29, 1.82) is 0 Å². The van der Waals surface area contributed by atoms with Gasteiger partial charge in [-0.2, -0.15) is 0 Å². The van der Waals surface area contributed by atoms with E-state index >= 15 is 0 Å². The summed E-state index contributed by atoms with van der Waals surface area (Å²) in [7, 11) is -6.62. The highest BCUT2D eigenvalue weighted by Crippen LogP contribution is 2.57. The standard InChI is InChI=1S/C19H41O4PS/c1-4-6-7-8-9-10-11-12-13-14-15-16-17-18-19-24(3,5-2)23-25(20,21)22/h4-19H2,1-3H3. The van der Waals surface area contributed by atoms with Crippen LogP contribution in [0.15, 0.2) is 0 Å². The minimum atomic E-state index is -4.56. The van der Waals surface area contributed by atoms with Gasteiger partial charge in [-0.3, -0.25) is 0 Å². The van der Waals surface area contributed by atoms with Gasteiger partial charge in [0, 0.05) is 0 Å². The van der Waals surface area contributed by atoms with E-state index in [1.54, 1.807) is 0 Å². The third kappa shape index (κ3) is 17.5. The SMILES string of the molecule is CCCCCCCCCCCCCCCC[P+](C)(CC)OS(=O)(=O)[O-]. The lowest BCUT2D eigenvalue weighted by Crippen LogP contribution is -2.11. The first-order valence-corrected chi connectivity index (χ1v) is 14.2. The molecule has 0 spiro atoms. The fraction of sp³-hybridized carbons (Fsp3) is 1.00. The van der Waals surface area contributed by atoms with Crippen molar-refractivity contribution in [3.05, 3.63) is 0 Å². The minimum absolute atomic E-state index is 0.646. The number of rotatable bonds is 18. The summed E-state index contributed by atoms with van der Waals surface area (Å²) in [5.41, 5.74) is 0. The maximum atomic E-state index is 10.8. The normalized spacial score (nSPS) is 14.6. The summed E-state index contributed by atoms with van der Waals surface area (Å²) in [6, 6.07) is 0. The lowest BCUT2D eigenvalue weighted by Gasteiger charge is -2.20. The molecule has 0 radical (unpaired) electrons. The molecule has 0 aliphatic carbocycles. The molecule has 4 nitrogen and oxygen atoms in total. The van der Waals surface area contributed by atoms with Crippen LogP contribution in [0.4, 0.5) is 0 Å². The Balaban J connectivity index is 3.43. The zero-order valence-corrected chi connectivity index (χ0v) is 18.5. The van der Waals surface area contributed by atoms with E-state index in [0.717, 1.165) is 19.0 Å². The highest BCUT2D eigenvalue weighted by molar-refractivity contribution is 7.89. The molecule has 0 aromatic rings. The Morgan fingerprint density at radius 3 is 1.40 bits per heavy atom. The van der Waals surface area contributed by atoms with E-state index in [9.17, 15) is 13.0 Å². The van der Waals surface area contributed by atoms with E-state index in [2.05, 4.69) is 6.92 Å². The van der Waals surface area contributed by atoms with Crippen molar-refractivity contribution in [2.24, 2.45) is 0 Å². The average molecular weight is 397 g/mol. The van der Waals surface area contributed by atoms with Crippen LogP contribution in [-0.2, 0) is 14.4 Å². The van der Waals surface area contributed by atoms with Gasteiger partial charge < -0.3 is 4.55 Å². The second kappa shape index (κ2) is 15.4. The van der Waals surface area contributed by atoms with Crippen LogP contribution in [0.25, 0.3) is 0 Å². The summed E-state index contributed by atoms with van der Waals surface area (Å²) >= 11 is 0. The Kier molecular flexibility index (Phi) is 15.6. The van der Waals surface area contributed by atoms with Crippen molar-refractivity contribution in [2.45, 2.75) is 104 Å². The Morgan fingerprint density at radius 2 is 1.08 bits per heavy atom. The van der Waals surface area contributed by atoms with Crippen LogP contribution < -0.4 is 0 Å². The van der Waals surface area contributed by atoms with E-state index in [-0.39, 0.29) is 0 Å². The van der Waals surface area contributed by atoms with E-state index in [1.165, 1.54) is 77.0 Å². The third-order valence-corrected chi connectivity index (χ3v) is 9.69. The highest BCUT2D eigenvalue weighted by Gasteiger charge is 2.34. The van der Waals surface area contributed by atoms with Gasteiger partial charge >= 0.3 is 0 Å². The minimum Gasteiger partial charge on any atom is -0.723 e. The fourth-order valence-corrected chi connectivity index (χ4v) is 6.80. The molecule has 1 atom stereocenters. The summed E-state index contributed by atoms with van der Waals surface area (Å²) in [5.74, 6) is 0. The molecule has 0 rings (SSSR count). The van der Waals surface area contributed by atoms with Gasteiger partial charge in [-0.1, -0.05) is 84.0 Å². The maximum absolute atomic E-state index is 10.8. The molecular weight excluding hydrogens is 355 g/mol. The van der Waals surface area contributed by atoms with Crippen LogP contribution in [0.1, 0.15) is 104 Å². The molecular formula is C19H41O4PS. The second-order valence-corrected chi connectivity index (χ2v) is 12.5. The Morgan fingerprint density at radius 1 is 0.720 bits per heavy atom. The molecule has 0 aliphatic rings. The van der Waals surface area contributed by atoms with Crippen LogP contribution in [-0.4, -0.2) is 32.0 Å². The quantitative estimate of drug-likeness (QED) is 0.114. The van der Waals surface area contributed by atoms with Gasteiger partial charge in [-0.15, -0.1) is 3.97 Å². The molecule has 0 aliphatic heterocycles. The lowest BCUT2D eigenvalue weighted by molar-refractivity contribution is 0.381. The first kappa shape index (κ1) is 25.3. The molecule has 1 unspecified atom stereocenters. The highest BCUT2D eigenvalue weighted by atomic mass is 32.3. The second-order valence-electron chi connectivity index (χ2n) is 7.42. The lowest BCUT2D eigenvalue weighted by atomic mass is 10.0. The van der Waals surface area contributed by atoms with Crippen molar-refractivity contribution < 1.29 is 16.9 Å². The smallest absolute Gasteiger partial charge is 0.252 e. The maximum Gasteiger partial charge on any atom is 0.252 e. The molecule has 152 valence electrons. The summed E-state index contributed by atoms with van der Waals surface area (Å²) in [4.78, 5) is 0. The molecule has 0 aromatic carbocycles. The van der Waals surface area contributed by atoms with E-state index < -0.39 is 17.9 Å². The number of hydrogen-bond donors (Lipinski definition) is 0. The van der Waals surface area contributed by atoms with Gasteiger partial charge in [-0.25, -0.2) is 8.42 Å². The van der Waals surface area contributed by atoms with Gasteiger partial charge in [0.25, 0.3) is 10.4 Å². The zero-order valence-electron chi connectivity index (χ0n) is 16.8. The molecule has 0 N–H and O–H groups in total. The number of unbranched alkanes of at least 4 members (excludes halogenated alkanes) is 13. The topological polar surface area (TPSA) is 66.4 Å². The van der Waals surface area contributed by atoms with Crippen LogP contribution in [0.5, 0.6) is 0 Å². The van der Waals surface area contributed by atoms with Gasteiger partial charge in [0.05, 0.1) is 19.0 Å². The number of hydrogen-bond acceptors (Lipinski definition) is 4. The first-order chi connectivity index (χ1) is 11.8. The zero-order chi connectivity index (χ0) is 19.0. The Bertz CT molecular complexity index is 400. The van der Waals surface area contributed by atoms with Gasteiger partial charge in [0.15, 0.2) is 7.49 Å². The molecule has 0 bridgehead atoms. The first-order valence-electron chi connectivity index (χ1n) is 10.3.